The summed E-state index contributed by atoms with van der Waals surface area (Å²) in [5.74, 6) is -2.28. The molecule has 2 N–H and O–H groups in total. The van der Waals surface area contributed by atoms with Gasteiger partial charge in [-0.05, 0) is 18.8 Å². The summed E-state index contributed by atoms with van der Waals surface area (Å²) >= 11 is 1.01. The van der Waals surface area contributed by atoms with Gasteiger partial charge in [-0.1, -0.05) is 13.3 Å². The molecule has 23 heavy (non-hydrogen) atoms. The van der Waals surface area contributed by atoms with E-state index >= 15 is 0 Å². The Morgan fingerprint density at radius 3 is 2.70 bits per heavy atom. The third kappa shape index (κ3) is 4.57. The molecule has 1 aliphatic carbocycles. The first-order valence-electron chi connectivity index (χ1n) is 7.58. The summed E-state index contributed by atoms with van der Waals surface area (Å²) in [5, 5.41) is 11.2. The number of aliphatic carboxylic acids is 1. The van der Waals surface area contributed by atoms with Crippen LogP contribution in [-0.2, 0) is 19.2 Å². The van der Waals surface area contributed by atoms with Crippen molar-refractivity contribution in [2.75, 3.05) is 18.8 Å². The average Bonchev–Trinajstić information content (AvgIpc) is 2.72. The zero-order valence-electron chi connectivity index (χ0n) is 12.9. The molecule has 0 radical (unpaired) electrons. The molecule has 2 rings (SSSR count). The van der Waals surface area contributed by atoms with Crippen molar-refractivity contribution in [1.82, 2.24) is 10.2 Å². The van der Waals surface area contributed by atoms with Crippen LogP contribution in [0.3, 0.4) is 0 Å². The first kappa shape index (κ1) is 17.5. The standard InChI is InChI=1S/C15H20N2O5S/c1-9(15(21)22)6-16-12(18)8-23-11-5-13(19)17(14(11)20)7-10-3-2-4-10/h5,9-10H,2-4,6-8H2,1H3,(H,16,18)(H,21,22). The Kier molecular flexibility index (Phi) is 5.81. The largest absolute Gasteiger partial charge is 0.481 e. The number of nitrogens with zero attached hydrogens (tertiary/aromatic N) is 1. The molecule has 2 aliphatic rings. The number of hydrogen-bond donors (Lipinski definition) is 2. The minimum absolute atomic E-state index is 0.0194. The quantitative estimate of drug-likeness (QED) is 0.628. The number of rotatable bonds is 8. The zero-order valence-corrected chi connectivity index (χ0v) is 13.7. The lowest BCUT2D eigenvalue weighted by Crippen LogP contribution is -2.37. The molecule has 0 aromatic carbocycles. The average molecular weight is 340 g/mol. The summed E-state index contributed by atoms with van der Waals surface area (Å²) < 4.78 is 0. The smallest absolute Gasteiger partial charge is 0.308 e. The van der Waals surface area contributed by atoms with Gasteiger partial charge in [0, 0.05) is 19.2 Å². The predicted octanol–water partition coefficient (Wildman–Crippen LogP) is 0.609. The molecule has 126 valence electrons. The van der Waals surface area contributed by atoms with Gasteiger partial charge in [0.05, 0.1) is 16.6 Å². The summed E-state index contributed by atoms with van der Waals surface area (Å²) in [7, 11) is 0. The van der Waals surface area contributed by atoms with E-state index in [1.54, 1.807) is 0 Å². The SMILES string of the molecule is CC(CNC(=O)CSC1=CC(=O)N(CC2CCC2)C1=O)C(=O)O. The third-order valence-electron chi connectivity index (χ3n) is 4.03. The molecule has 0 aromatic heterocycles. The van der Waals surface area contributed by atoms with Crippen LogP contribution >= 0.6 is 11.8 Å². The van der Waals surface area contributed by atoms with E-state index in [0.29, 0.717) is 12.5 Å². The van der Waals surface area contributed by atoms with Crippen molar-refractivity contribution in [3.8, 4) is 0 Å². The highest BCUT2D eigenvalue weighted by molar-refractivity contribution is 8.04. The molecular weight excluding hydrogens is 320 g/mol. The molecule has 1 atom stereocenters. The molecule has 0 spiro atoms. The number of nitrogens with one attached hydrogen (secondary N) is 1. The summed E-state index contributed by atoms with van der Waals surface area (Å²) in [4.78, 5) is 47.9. The number of hydrogen-bond acceptors (Lipinski definition) is 5. The van der Waals surface area contributed by atoms with E-state index in [4.69, 9.17) is 5.11 Å². The molecule has 1 aliphatic heterocycles. The van der Waals surface area contributed by atoms with Gasteiger partial charge in [-0.25, -0.2) is 0 Å². The number of imide groups is 1. The van der Waals surface area contributed by atoms with Crippen LogP contribution in [0.4, 0.5) is 0 Å². The van der Waals surface area contributed by atoms with Crippen molar-refractivity contribution in [3.05, 3.63) is 11.0 Å². The number of carboxylic acids is 1. The van der Waals surface area contributed by atoms with E-state index in [1.807, 2.05) is 0 Å². The molecule has 1 heterocycles. The summed E-state index contributed by atoms with van der Waals surface area (Å²) in [6.45, 7) is 1.99. The Bertz CT molecular complexity index is 556. The van der Waals surface area contributed by atoms with Crippen LogP contribution in [0.25, 0.3) is 0 Å². The predicted molar refractivity (Wildman–Crippen MR) is 84.4 cm³/mol. The van der Waals surface area contributed by atoms with E-state index in [-0.39, 0.29) is 34.9 Å². The van der Waals surface area contributed by atoms with Crippen LogP contribution in [0.5, 0.6) is 0 Å². The fraction of sp³-hybridized carbons (Fsp3) is 0.600. The molecule has 0 aromatic rings. The highest BCUT2D eigenvalue weighted by Gasteiger charge is 2.34. The maximum Gasteiger partial charge on any atom is 0.308 e. The molecule has 8 heteroatoms. The second-order valence-corrected chi connectivity index (χ2v) is 6.91. The van der Waals surface area contributed by atoms with Gasteiger partial charge in [-0.15, -0.1) is 11.8 Å². The normalized spacial score (nSPS) is 19.3. The fourth-order valence-corrected chi connectivity index (χ4v) is 3.05. The lowest BCUT2D eigenvalue weighted by Gasteiger charge is -2.29. The van der Waals surface area contributed by atoms with Crippen LogP contribution in [0, 0.1) is 11.8 Å². The van der Waals surface area contributed by atoms with Gasteiger partial charge in [0.25, 0.3) is 11.8 Å². The number of thioether (sulfide) groups is 1. The monoisotopic (exact) mass is 340 g/mol. The van der Waals surface area contributed by atoms with Gasteiger partial charge in [0.1, 0.15) is 0 Å². The molecule has 0 saturated heterocycles. The van der Waals surface area contributed by atoms with Crippen LogP contribution in [-0.4, -0.2) is 52.5 Å². The number of carbonyl (C=O) groups excluding carboxylic acids is 3. The molecule has 0 bridgehead atoms. The van der Waals surface area contributed by atoms with Gasteiger partial charge < -0.3 is 10.4 Å². The van der Waals surface area contributed by atoms with Crippen molar-refractivity contribution >= 4 is 35.5 Å². The van der Waals surface area contributed by atoms with Crippen molar-refractivity contribution in [2.24, 2.45) is 11.8 Å². The molecular formula is C15H20N2O5S. The number of carbonyl (C=O) groups is 4. The first-order valence-corrected chi connectivity index (χ1v) is 8.57. The van der Waals surface area contributed by atoms with E-state index in [1.165, 1.54) is 17.9 Å². The van der Waals surface area contributed by atoms with Gasteiger partial charge >= 0.3 is 5.97 Å². The van der Waals surface area contributed by atoms with Crippen LogP contribution in [0.2, 0.25) is 0 Å². The summed E-state index contributed by atoms with van der Waals surface area (Å²) in [6.07, 6.45) is 4.51. The Morgan fingerprint density at radius 2 is 2.13 bits per heavy atom. The van der Waals surface area contributed by atoms with Gasteiger partial charge in [0.15, 0.2) is 0 Å². The Hall–Kier alpha value is -1.83. The maximum absolute atomic E-state index is 12.2. The first-order chi connectivity index (χ1) is 10.9. The van der Waals surface area contributed by atoms with E-state index in [2.05, 4.69) is 5.32 Å². The van der Waals surface area contributed by atoms with Gasteiger partial charge in [0.2, 0.25) is 5.91 Å². The Morgan fingerprint density at radius 1 is 1.43 bits per heavy atom. The third-order valence-corrected chi connectivity index (χ3v) is 5.04. The second-order valence-electron chi connectivity index (χ2n) is 5.89. The molecule has 1 fully saturated rings. The van der Waals surface area contributed by atoms with Crippen LogP contribution < -0.4 is 5.32 Å². The Balaban J connectivity index is 1.75. The summed E-state index contributed by atoms with van der Waals surface area (Å²) in [5.41, 5.74) is 0. The summed E-state index contributed by atoms with van der Waals surface area (Å²) in [6, 6.07) is 0. The highest BCUT2D eigenvalue weighted by atomic mass is 32.2. The van der Waals surface area contributed by atoms with E-state index < -0.39 is 11.9 Å². The molecule has 1 saturated carbocycles. The van der Waals surface area contributed by atoms with Crippen molar-refractivity contribution in [3.63, 3.8) is 0 Å². The lowest BCUT2D eigenvalue weighted by atomic mass is 9.85. The maximum atomic E-state index is 12.2. The van der Waals surface area contributed by atoms with Crippen LogP contribution in [0.15, 0.2) is 11.0 Å². The molecule has 3 amide bonds. The number of carboxylic acid groups (broad SMARTS) is 1. The van der Waals surface area contributed by atoms with Gasteiger partial charge in [-0.3, -0.25) is 24.1 Å². The van der Waals surface area contributed by atoms with E-state index in [9.17, 15) is 19.2 Å². The van der Waals surface area contributed by atoms with Gasteiger partial charge in [-0.2, -0.15) is 0 Å². The second kappa shape index (κ2) is 7.63. The number of amides is 3. The fourth-order valence-electron chi connectivity index (χ4n) is 2.24. The topological polar surface area (TPSA) is 104 Å². The molecule has 7 nitrogen and oxygen atoms in total. The molecule has 1 unspecified atom stereocenters. The minimum atomic E-state index is -0.983. The van der Waals surface area contributed by atoms with Crippen molar-refractivity contribution in [2.45, 2.75) is 26.2 Å². The van der Waals surface area contributed by atoms with Crippen LogP contribution in [0.1, 0.15) is 26.2 Å². The lowest BCUT2D eigenvalue weighted by molar-refractivity contribution is -0.141. The van der Waals surface area contributed by atoms with Crippen molar-refractivity contribution < 1.29 is 24.3 Å². The Labute approximate surface area is 138 Å². The highest BCUT2D eigenvalue weighted by Crippen LogP contribution is 2.30. The zero-order chi connectivity index (χ0) is 17.0. The van der Waals surface area contributed by atoms with E-state index in [0.717, 1.165) is 31.0 Å². The van der Waals surface area contributed by atoms with Crippen molar-refractivity contribution in [1.29, 1.82) is 0 Å². The minimum Gasteiger partial charge on any atom is -0.481 e.